The van der Waals surface area contributed by atoms with E-state index in [4.69, 9.17) is 5.73 Å². The van der Waals surface area contributed by atoms with Gasteiger partial charge in [0.1, 0.15) is 5.69 Å². The maximum absolute atomic E-state index is 12.5. The third kappa shape index (κ3) is 2.52. The summed E-state index contributed by atoms with van der Waals surface area (Å²) in [5.41, 5.74) is 7.21. The molecular formula is C15H10F3N3. The van der Waals surface area contributed by atoms with Gasteiger partial charge in [0.2, 0.25) is 0 Å². The van der Waals surface area contributed by atoms with Crippen molar-refractivity contribution in [3.8, 4) is 11.3 Å². The third-order valence-corrected chi connectivity index (χ3v) is 3.10. The first-order valence-corrected chi connectivity index (χ1v) is 6.14. The molecule has 3 aromatic rings. The molecule has 2 heterocycles. The molecule has 0 atom stereocenters. The first-order valence-electron chi connectivity index (χ1n) is 6.14. The Kier molecular flexibility index (Phi) is 3.01. The first kappa shape index (κ1) is 13.4. The van der Waals surface area contributed by atoms with E-state index in [1.165, 1.54) is 6.07 Å². The minimum atomic E-state index is -4.45. The number of aromatic nitrogens is 2. The lowest BCUT2D eigenvalue weighted by Crippen LogP contribution is -2.07. The van der Waals surface area contributed by atoms with E-state index in [0.29, 0.717) is 22.5 Å². The number of fused-ring (bicyclic) bond motifs is 1. The Bertz CT molecular complexity index is 795. The highest BCUT2D eigenvalue weighted by atomic mass is 19.4. The number of hydrogen-bond acceptors (Lipinski definition) is 3. The fourth-order valence-corrected chi connectivity index (χ4v) is 2.06. The first-order chi connectivity index (χ1) is 9.95. The third-order valence-electron chi connectivity index (χ3n) is 3.10. The zero-order valence-corrected chi connectivity index (χ0v) is 10.7. The molecular weight excluding hydrogens is 279 g/mol. The van der Waals surface area contributed by atoms with Gasteiger partial charge >= 0.3 is 6.18 Å². The summed E-state index contributed by atoms with van der Waals surface area (Å²) in [6, 6.07) is 11.2. The number of para-hydroxylation sites is 1. The lowest BCUT2D eigenvalue weighted by molar-refractivity contribution is -0.141. The molecule has 0 radical (unpaired) electrons. The van der Waals surface area contributed by atoms with Crippen LogP contribution in [-0.4, -0.2) is 9.97 Å². The van der Waals surface area contributed by atoms with Crippen LogP contribution in [0.3, 0.4) is 0 Å². The molecule has 1 aromatic carbocycles. The van der Waals surface area contributed by atoms with Crippen molar-refractivity contribution in [2.45, 2.75) is 6.18 Å². The van der Waals surface area contributed by atoms with E-state index in [2.05, 4.69) is 9.97 Å². The van der Waals surface area contributed by atoms with E-state index in [9.17, 15) is 13.2 Å². The molecule has 0 unspecified atom stereocenters. The number of nitrogens with two attached hydrogens (primary N) is 1. The molecule has 2 N–H and O–H groups in total. The maximum atomic E-state index is 12.5. The van der Waals surface area contributed by atoms with Gasteiger partial charge in [-0.25, -0.2) is 4.98 Å². The maximum Gasteiger partial charge on any atom is 0.433 e. The number of rotatable bonds is 1. The van der Waals surface area contributed by atoms with Crippen LogP contribution in [0, 0.1) is 0 Å². The van der Waals surface area contributed by atoms with E-state index in [0.717, 1.165) is 17.6 Å². The predicted octanol–water partition coefficient (Wildman–Crippen LogP) is 3.90. The fourth-order valence-electron chi connectivity index (χ4n) is 2.06. The highest BCUT2D eigenvalue weighted by Crippen LogP contribution is 2.30. The van der Waals surface area contributed by atoms with Crippen molar-refractivity contribution >= 4 is 16.6 Å². The molecule has 0 fully saturated rings. The average molecular weight is 289 g/mol. The van der Waals surface area contributed by atoms with Gasteiger partial charge < -0.3 is 5.73 Å². The van der Waals surface area contributed by atoms with Gasteiger partial charge in [0.25, 0.3) is 0 Å². The normalized spacial score (nSPS) is 11.8. The summed E-state index contributed by atoms with van der Waals surface area (Å²) in [6.07, 6.45) is -3.30. The van der Waals surface area contributed by atoms with Crippen molar-refractivity contribution in [1.29, 1.82) is 0 Å². The van der Waals surface area contributed by atoms with Crippen molar-refractivity contribution in [3.63, 3.8) is 0 Å². The van der Waals surface area contributed by atoms with Crippen LogP contribution in [0.2, 0.25) is 0 Å². The highest BCUT2D eigenvalue weighted by molar-refractivity contribution is 5.92. The second-order valence-corrected chi connectivity index (χ2v) is 4.54. The highest BCUT2D eigenvalue weighted by Gasteiger charge is 2.32. The van der Waals surface area contributed by atoms with Crippen LogP contribution in [0.5, 0.6) is 0 Å². The molecule has 106 valence electrons. The Balaban J connectivity index is 2.08. The van der Waals surface area contributed by atoms with Crippen molar-refractivity contribution < 1.29 is 13.2 Å². The van der Waals surface area contributed by atoms with Gasteiger partial charge in [-0.1, -0.05) is 18.2 Å². The van der Waals surface area contributed by atoms with Gasteiger partial charge in [-0.05, 0) is 24.3 Å². The Morgan fingerprint density at radius 1 is 1.00 bits per heavy atom. The topological polar surface area (TPSA) is 51.8 Å². The van der Waals surface area contributed by atoms with Gasteiger partial charge in [0, 0.05) is 22.8 Å². The van der Waals surface area contributed by atoms with E-state index in [-0.39, 0.29) is 0 Å². The van der Waals surface area contributed by atoms with Crippen molar-refractivity contribution in [1.82, 2.24) is 9.97 Å². The van der Waals surface area contributed by atoms with Gasteiger partial charge in [0.15, 0.2) is 0 Å². The molecule has 0 saturated heterocycles. The SMILES string of the molecule is Nc1cc(-c2ccc(C(F)(F)F)nc2)nc2ccccc12. The van der Waals surface area contributed by atoms with Crippen LogP contribution in [-0.2, 0) is 6.18 Å². The Morgan fingerprint density at radius 2 is 1.76 bits per heavy atom. The van der Waals surface area contributed by atoms with Crippen LogP contribution in [0.1, 0.15) is 5.69 Å². The minimum Gasteiger partial charge on any atom is -0.398 e. The standard InChI is InChI=1S/C15H10F3N3/c16-15(17,18)14-6-5-9(8-20-14)13-7-11(19)10-3-1-2-4-12(10)21-13/h1-8H,(H2,19,21). The van der Waals surface area contributed by atoms with Crippen molar-refractivity contribution in [3.05, 3.63) is 54.4 Å². The molecule has 0 amide bonds. The van der Waals surface area contributed by atoms with Gasteiger partial charge in [0.05, 0.1) is 11.2 Å². The molecule has 6 heteroatoms. The number of nitrogens with zero attached hydrogens (tertiary/aromatic N) is 2. The quantitative estimate of drug-likeness (QED) is 0.739. The number of anilines is 1. The van der Waals surface area contributed by atoms with Crippen molar-refractivity contribution in [2.75, 3.05) is 5.73 Å². The molecule has 21 heavy (non-hydrogen) atoms. The van der Waals surface area contributed by atoms with E-state index < -0.39 is 11.9 Å². The van der Waals surface area contributed by atoms with E-state index in [1.54, 1.807) is 12.1 Å². The zero-order chi connectivity index (χ0) is 15.0. The largest absolute Gasteiger partial charge is 0.433 e. The summed E-state index contributed by atoms with van der Waals surface area (Å²) >= 11 is 0. The van der Waals surface area contributed by atoms with Crippen LogP contribution in [0.15, 0.2) is 48.7 Å². The van der Waals surface area contributed by atoms with Crippen molar-refractivity contribution in [2.24, 2.45) is 0 Å². The second-order valence-electron chi connectivity index (χ2n) is 4.54. The minimum absolute atomic E-state index is 0.487. The summed E-state index contributed by atoms with van der Waals surface area (Å²) in [6.45, 7) is 0. The van der Waals surface area contributed by atoms with E-state index >= 15 is 0 Å². The zero-order valence-electron chi connectivity index (χ0n) is 10.7. The number of pyridine rings is 2. The lowest BCUT2D eigenvalue weighted by atomic mass is 10.1. The fraction of sp³-hybridized carbons (Fsp3) is 0.0667. The summed E-state index contributed by atoms with van der Waals surface area (Å²) in [7, 11) is 0. The molecule has 3 rings (SSSR count). The number of hydrogen-bond donors (Lipinski definition) is 1. The van der Waals surface area contributed by atoms with Crippen LogP contribution in [0.4, 0.5) is 18.9 Å². The lowest BCUT2D eigenvalue weighted by Gasteiger charge is -2.08. The molecule has 0 aliphatic rings. The summed E-state index contributed by atoms with van der Waals surface area (Å²) in [5, 5.41) is 0.807. The Hall–Kier alpha value is -2.63. The Labute approximate surface area is 118 Å². The number of halogens is 3. The summed E-state index contributed by atoms with van der Waals surface area (Å²) < 4.78 is 37.5. The van der Waals surface area contributed by atoms with Gasteiger partial charge in [-0.15, -0.1) is 0 Å². The monoisotopic (exact) mass is 289 g/mol. The molecule has 2 aromatic heterocycles. The van der Waals surface area contributed by atoms with Crippen LogP contribution < -0.4 is 5.73 Å². The van der Waals surface area contributed by atoms with Gasteiger partial charge in [-0.3, -0.25) is 4.98 Å². The molecule has 0 bridgehead atoms. The number of alkyl halides is 3. The number of benzene rings is 1. The van der Waals surface area contributed by atoms with Crippen LogP contribution in [0.25, 0.3) is 22.2 Å². The molecule has 0 aliphatic heterocycles. The van der Waals surface area contributed by atoms with Crippen LogP contribution >= 0.6 is 0 Å². The van der Waals surface area contributed by atoms with E-state index in [1.807, 2.05) is 18.2 Å². The Morgan fingerprint density at radius 3 is 2.43 bits per heavy atom. The summed E-state index contributed by atoms with van der Waals surface area (Å²) in [4.78, 5) is 7.83. The average Bonchev–Trinajstić information content (AvgIpc) is 2.46. The molecule has 0 aliphatic carbocycles. The smallest absolute Gasteiger partial charge is 0.398 e. The summed E-state index contributed by atoms with van der Waals surface area (Å²) in [5.74, 6) is 0. The molecule has 3 nitrogen and oxygen atoms in total. The molecule has 0 spiro atoms. The predicted molar refractivity (Wildman–Crippen MR) is 74.4 cm³/mol. The molecule has 0 saturated carbocycles. The number of nitrogen functional groups attached to an aromatic ring is 1. The second kappa shape index (κ2) is 4.73. The van der Waals surface area contributed by atoms with Gasteiger partial charge in [-0.2, -0.15) is 13.2 Å².